The van der Waals surface area contributed by atoms with Crippen molar-refractivity contribution in [3.05, 3.63) is 17.5 Å². The number of aromatic nitrogens is 2. The molecule has 1 heterocycles. The molecule has 0 saturated heterocycles. The van der Waals surface area contributed by atoms with Gasteiger partial charge in [0, 0.05) is 0 Å². The Kier molecular flexibility index (Phi) is 3.89. The second-order valence-corrected chi connectivity index (χ2v) is 4.32. The first-order valence-electron chi connectivity index (χ1n) is 5.63. The molecule has 0 aliphatic rings. The summed E-state index contributed by atoms with van der Waals surface area (Å²) in [6, 6.07) is 2.02. The molecule has 0 spiro atoms. The number of carbonyl (C=O) groups excluding carboxylic acids is 1. The Bertz CT molecular complexity index is 455. The molecule has 1 aromatic heterocycles. The van der Waals surface area contributed by atoms with Crippen LogP contribution in [-0.2, 0) is 10.3 Å². The summed E-state index contributed by atoms with van der Waals surface area (Å²) in [7, 11) is 0. The molecule has 0 bridgehead atoms. The van der Waals surface area contributed by atoms with Gasteiger partial charge >= 0.3 is 5.97 Å². The van der Waals surface area contributed by atoms with Crippen molar-refractivity contribution >= 4 is 5.97 Å². The third-order valence-corrected chi connectivity index (χ3v) is 2.81. The molecule has 0 aliphatic heterocycles. The zero-order valence-electron chi connectivity index (χ0n) is 10.6. The standard InChI is InChI=1S/C12H17N3O2/c1-5-12(3,4)15-10(7-13)9(8-14-15)11(16)17-6-2/h8H,5-6H2,1-4H3. The van der Waals surface area contributed by atoms with Crippen LogP contribution in [0.25, 0.3) is 0 Å². The predicted molar refractivity (Wildman–Crippen MR) is 62.5 cm³/mol. The van der Waals surface area contributed by atoms with E-state index in [4.69, 9.17) is 10.00 Å². The van der Waals surface area contributed by atoms with Gasteiger partial charge in [0.25, 0.3) is 0 Å². The van der Waals surface area contributed by atoms with E-state index in [1.807, 2.05) is 26.8 Å². The van der Waals surface area contributed by atoms with Gasteiger partial charge in [-0.25, -0.2) is 9.48 Å². The van der Waals surface area contributed by atoms with Gasteiger partial charge in [-0.3, -0.25) is 0 Å². The topological polar surface area (TPSA) is 67.9 Å². The fraction of sp³-hybridized carbons (Fsp3) is 0.583. The van der Waals surface area contributed by atoms with E-state index in [1.54, 1.807) is 11.6 Å². The molecule has 0 amide bonds. The molecule has 0 aromatic carbocycles. The average molecular weight is 235 g/mol. The summed E-state index contributed by atoms with van der Waals surface area (Å²) in [5, 5.41) is 13.3. The number of esters is 1. The monoisotopic (exact) mass is 235 g/mol. The van der Waals surface area contributed by atoms with Crippen molar-refractivity contribution in [2.75, 3.05) is 6.61 Å². The van der Waals surface area contributed by atoms with E-state index in [9.17, 15) is 4.79 Å². The Labute approximate surface area is 101 Å². The minimum Gasteiger partial charge on any atom is -0.462 e. The average Bonchev–Trinajstić information content (AvgIpc) is 2.73. The lowest BCUT2D eigenvalue weighted by molar-refractivity contribution is 0.0525. The van der Waals surface area contributed by atoms with Crippen LogP contribution in [0.5, 0.6) is 0 Å². The van der Waals surface area contributed by atoms with Crippen LogP contribution in [0, 0.1) is 11.3 Å². The first-order chi connectivity index (χ1) is 7.97. The summed E-state index contributed by atoms with van der Waals surface area (Å²) in [5.41, 5.74) is 0.196. The van der Waals surface area contributed by atoms with Crippen LogP contribution in [0.3, 0.4) is 0 Å². The van der Waals surface area contributed by atoms with Gasteiger partial charge in [-0.2, -0.15) is 10.4 Å². The molecular weight excluding hydrogens is 218 g/mol. The van der Waals surface area contributed by atoms with Gasteiger partial charge in [0.15, 0.2) is 5.69 Å². The zero-order valence-corrected chi connectivity index (χ0v) is 10.6. The molecule has 17 heavy (non-hydrogen) atoms. The van der Waals surface area contributed by atoms with Crippen LogP contribution in [0.4, 0.5) is 0 Å². The van der Waals surface area contributed by atoms with Gasteiger partial charge < -0.3 is 4.74 Å². The van der Waals surface area contributed by atoms with Gasteiger partial charge in [0.1, 0.15) is 11.6 Å². The maximum atomic E-state index is 11.6. The van der Waals surface area contributed by atoms with E-state index in [1.165, 1.54) is 6.20 Å². The number of nitriles is 1. The Morgan fingerprint density at radius 3 is 2.71 bits per heavy atom. The van der Waals surface area contributed by atoms with Crippen LogP contribution in [0.1, 0.15) is 50.2 Å². The summed E-state index contributed by atoms with van der Waals surface area (Å²) < 4.78 is 6.47. The summed E-state index contributed by atoms with van der Waals surface area (Å²) in [5.74, 6) is -0.498. The van der Waals surface area contributed by atoms with Gasteiger partial charge in [-0.05, 0) is 27.2 Å². The molecule has 0 radical (unpaired) electrons. The molecule has 5 nitrogen and oxygen atoms in total. The number of carbonyl (C=O) groups is 1. The first-order valence-corrected chi connectivity index (χ1v) is 5.63. The molecule has 1 aromatic rings. The highest BCUT2D eigenvalue weighted by atomic mass is 16.5. The third-order valence-electron chi connectivity index (χ3n) is 2.81. The maximum absolute atomic E-state index is 11.6. The molecule has 92 valence electrons. The quantitative estimate of drug-likeness (QED) is 0.749. The number of hydrogen-bond donors (Lipinski definition) is 0. The Morgan fingerprint density at radius 1 is 1.59 bits per heavy atom. The molecular formula is C12H17N3O2. The fourth-order valence-electron chi connectivity index (χ4n) is 1.42. The largest absolute Gasteiger partial charge is 0.462 e. The van der Waals surface area contributed by atoms with Crippen LogP contribution < -0.4 is 0 Å². The smallest absolute Gasteiger partial charge is 0.342 e. The van der Waals surface area contributed by atoms with Crippen molar-refractivity contribution in [2.45, 2.75) is 39.7 Å². The summed E-state index contributed by atoms with van der Waals surface area (Å²) >= 11 is 0. The lowest BCUT2D eigenvalue weighted by atomic mass is 10.0. The van der Waals surface area contributed by atoms with Gasteiger partial charge in [-0.1, -0.05) is 6.92 Å². The second kappa shape index (κ2) is 5.00. The Morgan fingerprint density at radius 2 is 2.24 bits per heavy atom. The van der Waals surface area contributed by atoms with E-state index in [0.29, 0.717) is 0 Å². The van der Waals surface area contributed by atoms with Crippen molar-refractivity contribution in [3.8, 4) is 6.07 Å². The van der Waals surface area contributed by atoms with Crippen LogP contribution in [-0.4, -0.2) is 22.4 Å². The maximum Gasteiger partial charge on any atom is 0.342 e. The highest BCUT2D eigenvalue weighted by Crippen LogP contribution is 2.22. The Hall–Kier alpha value is -1.83. The number of ether oxygens (including phenoxy) is 1. The van der Waals surface area contributed by atoms with E-state index in [0.717, 1.165) is 6.42 Å². The van der Waals surface area contributed by atoms with Gasteiger partial charge in [0.05, 0.1) is 18.3 Å². The number of hydrogen-bond acceptors (Lipinski definition) is 4. The highest BCUT2D eigenvalue weighted by Gasteiger charge is 2.26. The fourth-order valence-corrected chi connectivity index (χ4v) is 1.42. The predicted octanol–water partition coefficient (Wildman–Crippen LogP) is 2.08. The zero-order chi connectivity index (χ0) is 13.1. The van der Waals surface area contributed by atoms with Crippen molar-refractivity contribution in [1.82, 2.24) is 9.78 Å². The molecule has 0 aliphatic carbocycles. The molecule has 5 heteroatoms. The normalized spacial score (nSPS) is 11.0. The molecule has 0 saturated carbocycles. The second-order valence-electron chi connectivity index (χ2n) is 4.32. The molecule has 0 N–H and O–H groups in total. The van der Waals surface area contributed by atoms with Crippen molar-refractivity contribution in [2.24, 2.45) is 0 Å². The number of rotatable bonds is 4. The minimum atomic E-state index is -0.498. The van der Waals surface area contributed by atoms with E-state index in [-0.39, 0.29) is 23.4 Å². The Balaban J connectivity index is 3.22. The first kappa shape index (κ1) is 13.2. The van der Waals surface area contributed by atoms with E-state index >= 15 is 0 Å². The van der Waals surface area contributed by atoms with Crippen LogP contribution in [0.2, 0.25) is 0 Å². The third kappa shape index (κ3) is 2.47. The summed E-state index contributed by atoms with van der Waals surface area (Å²) in [6.45, 7) is 7.95. The minimum absolute atomic E-state index is 0.232. The highest BCUT2D eigenvalue weighted by molar-refractivity contribution is 5.91. The summed E-state index contributed by atoms with van der Waals surface area (Å²) in [6.07, 6.45) is 2.21. The number of nitrogens with zero attached hydrogens (tertiary/aromatic N) is 3. The van der Waals surface area contributed by atoms with Crippen LogP contribution >= 0.6 is 0 Å². The SMILES string of the molecule is CCOC(=O)c1cnn(C(C)(C)CC)c1C#N. The van der Waals surface area contributed by atoms with E-state index < -0.39 is 5.97 Å². The summed E-state index contributed by atoms with van der Waals surface area (Å²) in [4.78, 5) is 11.6. The van der Waals surface area contributed by atoms with Crippen molar-refractivity contribution in [1.29, 1.82) is 5.26 Å². The molecule has 1 rings (SSSR count). The molecule has 0 unspecified atom stereocenters. The van der Waals surface area contributed by atoms with Crippen molar-refractivity contribution < 1.29 is 9.53 Å². The molecule has 0 atom stereocenters. The molecule has 0 fully saturated rings. The van der Waals surface area contributed by atoms with E-state index in [2.05, 4.69) is 5.10 Å². The lowest BCUT2D eigenvalue weighted by Crippen LogP contribution is -2.28. The van der Waals surface area contributed by atoms with Crippen molar-refractivity contribution in [3.63, 3.8) is 0 Å². The van der Waals surface area contributed by atoms with Gasteiger partial charge in [-0.15, -0.1) is 0 Å². The lowest BCUT2D eigenvalue weighted by Gasteiger charge is -2.24. The van der Waals surface area contributed by atoms with Gasteiger partial charge in [0.2, 0.25) is 0 Å². The van der Waals surface area contributed by atoms with Crippen LogP contribution in [0.15, 0.2) is 6.20 Å².